The Balaban J connectivity index is 2.12. The van der Waals surface area contributed by atoms with Crippen LogP contribution in [0.1, 0.15) is 32.0 Å². The summed E-state index contributed by atoms with van der Waals surface area (Å²) in [6, 6.07) is 0.317. The number of nitrogens with two attached hydrogens (primary N) is 1. The van der Waals surface area contributed by atoms with Gasteiger partial charge in [-0.1, -0.05) is 13.8 Å². The van der Waals surface area contributed by atoms with E-state index in [0.717, 1.165) is 24.9 Å². The van der Waals surface area contributed by atoms with Gasteiger partial charge in [-0.05, 0) is 24.8 Å². The normalized spacial score (nSPS) is 28.2. The number of rotatable bonds is 3. The fraction of sp³-hybridized carbons (Fsp3) is 0.769. The molecule has 3 unspecified atom stereocenters. The quantitative estimate of drug-likeness (QED) is 0.863. The van der Waals surface area contributed by atoms with Crippen molar-refractivity contribution in [2.45, 2.75) is 26.3 Å². The Morgan fingerprint density at radius 3 is 2.76 bits per heavy atom. The van der Waals surface area contributed by atoms with Crippen LogP contribution in [0.4, 0.5) is 0 Å². The molecule has 1 aromatic heterocycles. The van der Waals surface area contributed by atoms with E-state index in [1.54, 1.807) is 0 Å². The third-order valence-corrected chi connectivity index (χ3v) is 4.22. The van der Waals surface area contributed by atoms with E-state index in [4.69, 9.17) is 5.73 Å². The first kappa shape index (κ1) is 12.6. The minimum atomic E-state index is 0.317. The highest BCUT2D eigenvalue weighted by molar-refractivity contribution is 5.06. The molecular formula is C13H24N4. The maximum absolute atomic E-state index is 5.96. The van der Waals surface area contributed by atoms with Crippen molar-refractivity contribution in [1.29, 1.82) is 0 Å². The van der Waals surface area contributed by atoms with E-state index in [1.165, 1.54) is 12.1 Å². The molecule has 1 aliphatic heterocycles. The summed E-state index contributed by atoms with van der Waals surface area (Å²) < 4.78 is 2.08. The largest absolute Gasteiger partial charge is 0.336 e. The first-order chi connectivity index (χ1) is 8.13. The molecule has 0 saturated carbocycles. The van der Waals surface area contributed by atoms with Crippen molar-refractivity contribution in [3.8, 4) is 0 Å². The highest BCUT2D eigenvalue weighted by atomic mass is 15.2. The second kappa shape index (κ2) is 5.19. The first-order valence-corrected chi connectivity index (χ1v) is 6.53. The van der Waals surface area contributed by atoms with Gasteiger partial charge in [0.1, 0.15) is 0 Å². The average Bonchev–Trinajstić information content (AvgIpc) is 2.71. The molecule has 0 bridgehead atoms. The van der Waals surface area contributed by atoms with Gasteiger partial charge >= 0.3 is 0 Å². The number of imidazole rings is 1. The van der Waals surface area contributed by atoms with E-state index < -0.39 is 0 Å². The van der Waals surface area contributed by atoms with Crippen molar-refractivity contribution < 1.29 is 0 Å². The number of likely N-dealkylation sites (tertiary alicyclic amines) is 1. The Morgan fingerprint density at radius 1 is 1.47 bits per heavy atom. The molecule has 4 nitrogen and oxygen atoms in total. The average molecular weight is 236 g/mol. The SMILES string of the molecule is CC1CCN(C(CN)c2cncn2C)CC1C. The predicted molar refractivity (Wildman–Crippen MR) is 69.5 cm³/mol. The predicted octanol–water partition coefficient (Wildman–Crippen LogP) is 1.40. The maximum Gasteiger partial charge on any atom is 0.0946 e. The summed E-state index contributed by atoms with van der Waals surface area (Å²) in [6.07, 6.45) is 5.07. The number of nitrogens with zero attached hydrogens (tertiary/aromatic N) is 3. The highest BCUT2D eigenvalue weighted by Crippen LogP contribution is 2.28. The van der Waals surface area contributed by atoms with Crippen molar-refractivity contribution in [2.24, 2.45) is 24.6 Å². The van der Waals surface area contributed by atoms with Crippen molar-refractivity contribution in [2.75, 3.05) is 19.6 Å². The fourth-order valence-electron chi connectivity index (χ4n) is 2.72. The number of hydrogen-bond acceptors (Lipinski definition) is 3. The third-order valence-electron chi connectivity index (χ3n) is 4.22. The van der Waals surface area contributed by atoms with Crippen molar-refractivity contribution in [3.05, 3.63) is 18.2 Å². The standard InChI is InChI=1S/C13H24N4/c1-10-4-5-17(8-11(10)2)12(6-14)13-7-15-9-16(13)3/h7,9-12H,4-6,8,14H2,1-3H3. The number of hydrogen-bond donors (Lipinski definition) is 1. The first-order valence-electron chi connectivity index (χ1n) is 6.53. The molecule has 0 aliphatic carbocycles. The smallest absolute Gasteiger partial charge is 0.0946 e. The lowest BCUT2D eigenvalue weighted by Gasteiger charge is -2.39. The molecule has 2 rings (SSSR count). The van der Waals surface area contributed by atoms with Gasteiger partial charge in [-0.15, -0.1) is 0 Å². The van der Waals surface area contributed by atoms with Gasteiger partial charge in [0.2, 0.25) is 0 Å². The second-order valence-corrected chi connectivity index (χ2v) is 5.42. The van der Waals surface area contributed by atoms with Crippen LogP contribution in [0, 0.1) is 11.8 Å². The molecule has 3 atom stereocenters. The summed E-state index contributed by atoms with van der Waals surface area (Å²) in [4.78, 5) is 6.72. The van der Waals surface area contributed by atoms with Crippen LogP contribution in [0.5, 0.6) is 0 Å². The van der Waals surface area contributed by atoms with Crippen LogP contribution >= 0.6 is 0 Å². The van der Waals surface area contributed by atoms with Gasteiger partial charge in [0, 0.05) is 26.3 Å². The van der Waals surface area contributed by atoms with E-state index in [0.29, 0.717) is 12.6 Å². The van der Waals surface area contributed by atoms with Gasteiger partial charge in [-0.25, -0.2) is 4.98 Å². The van der Waals surface area contributed by atoms with E-state index in [-0.39, 0.29) is 0 Å². The minimum absolute atomic E-state index is 0.317. The summed E-state index contributed by atoms with van der Waals surface area (Å²) in [7, 11) is 2.04. The van der Waals surface area contributed by atoms with Crippen molar-refractivity contribution in [3.63, 3.8) is 0 Å². The number of piperidine rings is 1. The molecule has 0 spiro atoms. The molecule has 1 fully saturated rings. The van der Waals surface area contributed by atoms with Gasteiger partial charge in [-0.2, -0.15) is 0 Å². The van der Waals surface area contributed by atoms with Crippen molar-refractivity contribution in [1.82, 2.24) is 14.5 Å². The summed E-state index contributed by atoms with van der Waals surface area (Å²) in [5.74, 6) is 1.59. The molecule has 0 radical (unpaired) electrons. The number of aryl methyl sites for hydroxylation is 1. The Labute approximate surface area is 104 Å². The van der Waals surface area contributed by atoms with Crippen LogP contribution in [0.15, 0.2) is 12.5 Å². The molecule has 1 saturated heterocycles. The van der Waals surface area contributed by atoms with Crippen LogP contribution in [0.2, 0.25) is 0 Å². The topological polar surface area (TPSA) is 47.1 Å². The zero-order chi connectivity index (χ0) is 12.4. The Morgan fingerprint density at radius 2 is 2.24 bits per heavy atom. The number of aromatic nitrogens is 2. The Hall–Kier alpha value is -0.870. The Kier molecular flexibility index (Phi) is 3.84. The van der Waals surface area contributed by atoms with Crippen molar-refractivity contribution >= 4 is 0 Å². The highest BCUT2D eigenvalue weighted by Gasteiger charge is 2.28. The molecule has 1 aromatic rings. The zero-order valence-corrected chi connectivity index (χ0v) is 11.1. The monoisotopic (exact) mass is 236 g/mol. The lowest BCUT2D eigenvalue weighted by molar-refractivity contribution is 0.0952. The van der Waals surface area contributed by atoms with Crippen LogP contribution in [-0.4, -0.2) is 34.1 Å². The molecule has 4 heteroatoms. The zero-order valence-electron chi connectivity index (χ0n) is 11.1. The fourth-order valence-corrected chi connectivity index (χ4v) is 2.72. The molecule has 2 N–H and O–H groups in total. The molecule has 96 valence electrons. The lowest BCUT2D eigenvalue weighted by Crippen LogP contribution is -2.43. The van der Waals surface area contributed by atoms with Crippen LogP contribution in [-0.2, 0) is 7.05 Å². The minimum Gasteiger partial charge on any atom is -0.336 e. The summed E-state index contributed by atoms with van der Waals surface area (Å²) in [5.41, 5.74) is 7.19. The van der Waals surface area contributed by atoms with Gasteiger partial charge in [0.25, 0.3) is 0 Å². The van der Waals surface area contributed by atoms with Crippen LogP contribution in [0.25, 0.3) is 0 Å². The van der Waals surface area contributed by atoms with Gasteiger partial charge in [0.05, 0.1) is 18.1 Å². The van der Waals surface area contributed by atoms with E-state index in [2.05, 4.69) is 28.3 Å². The maximum atomic E-state index is 5.96. The molecule has 2 heterocycles. The van der Waals surface area contributed by atoms with Gasteiger partial charge < -0.3 is 10.3 Å². The Bertz CT molecular complexity index is 360. The molecular weight excluding hydrogens is 212 g/mol. The molecule has 17 heavy (non-hydrogen) atoms. The third kappa shape index (κ3) is 2.53. The van der Waals surface area contributed by atoms with Gasteiger partial charge in [0.15, 0.2) is 0 Å². The molecule has 0 aromatic carbocycles. The molecule has 1 aliphatic rings. The second-order valence-electron chi connectivity index (χ2n) is 5.42. The van der Waals surface area contributed by atoms with Gasteiger partial charge in [-0.3, -0.25) is 4.90 Å². The van der Waals surface area contributed by atoms with Crippen LogP contribution in [0.3, 0.4) is 0 Å². The summed E-state index contributed by atoms with van der Waals surface area (Å²) in [6.45, 7) is 7.66. The lowest BCUT2D eigenvalue weighted by atomic mass is 9.87. The van der Waals surface area contributed by atoms with E-state index >= 15 is 0 Å². The van der Waals surface area contributed by atoms with Crippen LogP contribution < -0.4 is 5.73 Å². The van der Waals surface area contributed by atoms with E-state index in [1.807, 2.05) is 19.6 Å². The summed E-state index contributed by atoms with van der Waals surface area (Å²) in [5, 5.41) is 0. The molecule has 0 amide bonds. The van der Waals surface area contributed by atoms with E-state index in [9.17, 15) is 0 Å². The summed E-state index contributed by atoms with van der Waals surface area (Å²) >= 11 is 0.